The quantitative estimate of drug-likeness (QED) is 0.764. The summed E-state index contributed by atoms with van der Waals surface area (Å²) in [5.74, 6) is 0.359. The van der Waals surface area contributed by atoms with Gasteiger partial charge in [-0.1, -0.05) is 0 Å². The average Bonchev–Trinajstić information content (AvgIpc) is 3.06. The molecule has 0 aromatic carbocycles. The van der Waals surface area contributed by atoms with Crippen molar-refractivity contribution in [3.63, 3.8) is 0 Å². The van der Waals surface area contributed by atoms with Gasteiger partial charge in [-0.25, -0.2) is 0 Å². The van der Waals surface area contributed by atoms with E-state index in [1.165, 1.54) is 0 Å². The molecule has 1 heterocycles. The lowest BCUT2D eigenvalue weighted by atomic mass is 10.00. The Hall–Kier alpha value is -0.610. The molecule has 0 radical (unpaired) electrons. The summed E-state index contributed by atoms with van der Waals surface area (Å²) < 4.78 is 5.09. The van der Waals surface area contributed by atoms with Gasteiger partial charge < -0.3 is 15.0 Å². The van der Waals surface area contributed by atoms with Gasteiger partial charge in [-0.05, 0) is 26.2 Å². The van der Waals surface area contributed by atoms with Crippen LogP contribution in [0.25, 0.3) is 0 Å². The smallest absolute Gasteiger partial charge is 0.228 e. The van der Waals surface area contributed by atoms with Crippen LogP contribution in [0.15, 0.2) is 0 Å². The van der Waals surface area contributed by atoms with Crippen LogP contribution in [0, 0.1) is 5.41 Å². The van der Waals surface area contributed by atoms with Crippen molar-refractivity contribution in [1.29, 1.82) is 0 Å². The summed E-state index contributed by atoms with van der Waals surface area (Å²) in [5.41, 5.74) is -0.0624. The summed E-state index contributed by atoms with van der Waals surface area (Å²) in [6.45, 7) is 5.47. The van der Waals surface area contributed by atoms with Gasteiger partial charge in [0, 0.05) is 39.4 Å². The third-order valence-corrected chi connectivity index (χ3v) is 3.75. The molecule has 0 bridgehead atoms. The number of hydrogen-bond acceptors (Lipinski definition) is 3. The number of methoxy groups -OCH3 is 1. The Morgan fingerprint density at radius 2 is 2.31 bits per heavy atom. The van der Waals surface area contributed by atoms with Crippen LogP contribution in [0.5, 0.6) is 0 Å². The monoisotopic (exact) mass is 226 g/mol. The van der Waals surface area contributed by atoms with Crippen LogP contribution in [0.2, 0.25) is 0 Å². The SMILES string of the molecule is COCCC1(C(=O)N2CCN[C@H](C)C2)CC1. The van der Waals surface area contributed by atoms with Gasteiger partial charge in [0.1, 0.15) is 0 Å². The molecular weight excluding hydrogens is 204 g/mol. The molecule has 4 heteroatoms. The minimum atomic E-state index is -0.0624. The second-order valence-electron chi connectivity index (χ2n) is 5.13. The Balaban J connectivity index is 1.91. The molecule has 2 rings (SSSR count). The first-order valence-corrected chi connectivity index (χ1v) is 6.20. The van der Waals surface area contributed by atoms with Crippen molar-refractivity contribution in [2.75, 3.05) is 33.4 Å². The largest absolute Gasteiger partial charge is 0.385 e. The molecule has 1 atom stereocenters. The van der Waals surface area contributed by atoms with E-state index >= 15 is 0 Å². The molecule has 0 spiro atoms. The third kappa shape index (κ3) is 2.38. The lowest BCUT2D eigenvalue weighted by Crippen LogP contribution is -2.53. The van der Waals surface area contributed by atoms with Crippen LogP contribution in [0.3, 0.4) is 0 Å². The fourth-order valence-corrected chi connectivity index (χ4v) is 2.47. The zero-order valence-electron chi connectivity index (χ0n) is 10.3. The van der Waals surface area contributed by atoms with Gasteiger partial charge in [-0.15, -0.1) is 0 Å². The highest BCUT2D eigenvalue weighted by molar-refractivity contribution is 5.85. The zero-order chi connectivity index (χ0) is 11.6. The van der Waals surface area contributed by atoms with Crippen LogP contribution in [0.1, 0.15) is 26.2 Å². The molecule has 0 unspecified atom stereocenters. The van der Waals surface area contributed by atoms with Crippen LogP contribution in [-0.4, -0.2) is 50.2 Å². The van der Waals surface area contributed by atoms with E-state index in [-0.39, 0.29) is 5.41 Å². The number of rotatable bonds is 4. The Kier molecular flexibility index (Phi) is 3.50. The van der Waals surface area contributed by atoms with Crippen LogP contribution in [-0.2, 0) is 9.53 Å². The normalized spacial score (nSPS) is 27.9. The Labute approximate surface area is 97.3 Å². The lowest BCUT2D eigenvalue weighted by Gasteiger charge is -2.34. The summed E-state index contributed by atoms with van der Waals surface area (Å²) in [5, 5.41) is 3.36. The first-order chi connectivity index (χ1) is 7.68. The fraction of sp³-hybridized carbons (Fsp3) is 0.917. The maximum Gasteiger partial charge on any atom is 0.228 e. The number of nitrogens with one attached hydrogen (secondary N) is 1. The molecule has 2 fully saturated rings. The number of amides is 1. The van der Waals surface area contributed by atoms with Crippen molar-refractivity contribution >= 4 is 5.91 Å². The Morgan fingerprint density at radius 3 is 2.88 bits per heavy atom. The third-order valence-electron chi connectivity index (χ3n) is 3.75. The number of piperazine rings is 1. The number of carbonyl (C=O) groups excluding carboxylic acids is 1. The second-order valence-corrected chi connectivity index (χ2v) is 5.13. The molecule has 1 amide bonds. The van der Waals surface area contributed by atoms with Crippen LogP contribution in [0.4, 0.5) is 0 Å². The molecule has 1 aliphatic carbocycles. The Morgan fingerprint density at radius 1 is 1.56 bits per heavy atom. The molecule has 2 aliphatic rings. The average molecular weight is 226 g/mol. The first-order valence-electron chi connectivity index (χ1n) is 6.20. The molecule has 0 aromatic rings. The fourth-order valence-electron chi connectivity index (χ4n) is 2.47. The van der Waals surface area contributed by atoms with Crippen molar-refractivity contribution in [1.82, 2.24) is 10.2 Å². The van der Waals surface area contributed by atoms with Gasteiger partial charge in [0.05, 0.1) is 5.41 Å². The van der Waals surface area contributed by atoms with E-state index in [4.69, 9.17) is 4.74 Å². The molecule has 1 N–H and O–H groups in total. The minimum Gasteiger partial charge on any atom is -0.385 e. The van der Waals surface area contributed by atoms with E-state index in [0.29, 0.717) is 18.6 Å². The predicted octanol–water partition coefficient (Wildman–Crippen LogP) is 0.623. The van der Waals surface area contributed by atoms with Crippen molar-refractivity contribution < 1.29 is 9.53 Å². The van der Waals surface area contributed by atoms with E-state index in [9.17, 15) is 4.79 Å². The van der Waals surface area contributed by atoms with Crippen molar-refractivity contribution in [3.05, 3.63) is 0 Å². The first kappa shape index (κ1) is 11.9. The molecular formula is C12H22N2O2. The van der Waals surface area contributed by atoms with E-state index < -0.39 is 0 Å². The van der Waals surface area contributed by atoms with Gasteiger partial charge in [-0.2, -0.15) is 0 Å². The maximum absolute atomic E-state index is 12.4. The van der Waals surface area contributed by atoms with Crippen molar-refractivity contribution in [3.8, 4) is 0 Å². The highest BCUT2D eigenvalue weighted by atomic mass is 16.5. The number of carbonyl (C=O) groups is 1. The molecule has 0 aromatic heterocycles. The zero-order valence-corrected chi connectivity index (χ0v) is 10.3. The highest BCUT2D eigenvalue weighted by Gasteiger charge is 2.51. The molecule has 1 saturated heterocycles. The maximum atomic E-state index is 12.4. The van der Waals surface area contributed by atoms with E-state index in [2.05, 4.69) is 12.2 Å². The van der Waals surface area contributed by atoms with Crippen LogP contribution < -0.4 is 5.32 Å². The van der Waals surface area contributed by atoms with E-state index in [1.54, 1.807) is 7.11 Å². The van der Waals surface area contributed by atoms with Gasteiger partial charge in [0.15, 0.2) is 0 Å². The molecule has 16 heavy (non-hydrogen) atoms. The van der Waals surface area contributed by atoms with Gasteiger partial charge in [-0.3, -0.25) is 4.79 Å². The standard InChI is InChI=1S/C12H22N2O2/c1-10-9-14(7-6-13-10)11(15)12(3-4-12)5-8-16-2/h10,13H,3-9H2,1-2H3/t10-/m1/s1. The van der Waals surface area contributed by atoms with Gasteiger partial charge >= 0.3 is 0 Å². The summed E-state index contributed by atoms with van der Waals surface area (Å²) in [4.78, 5) is 14.4. The second kappa shape index (κ2) is 4.72. The molecule has 92 valence electrons. The van der Waals surface area contributed by atoms with Crippen molar-refractivity contribution in [2.45, 2.75) is 32.2 Å². The number of ether oxygens (including phenoxy) is 1. The summed E-state index contributed by atoms with van der Waals surface area (Å²) in [7, 11) is 1.70. The van der Waals surface area contributed by atoms with Crippen molar-refractivity contribution in [2.24, 2.45) is 5.41 Å². The van der Waals surface area contributed by atoms with E-state index in [0.717, 1.165) is 38.9 Å². The number of nitrogens with zero attached hydrogens (tertiary/aromatic N) is 1. The van der Waals surface area contributed by atoms with Gasteiger partial charge in [0.2, 0.25) is 5.91 Å². The summed E-state index contributed by atoms with van der Waals surface area (Å²) in [6, 6.07) is 0.427. The molecule has 1 saturated carbocycles. The minimum absolute atomic E-state index is 0.0624. The summed E-state index contributed by atoms with van der Waals surface area (Å²) >= 11 is 0. The topological polar surface area (TPSA) is 41.6 Å². The molecule has 4 nitrogen and oxygen atoms in total. The highest BCUT2D eigenvalue weighted by Crippen LogP contribution is 2.50. The predicted molar refractivity (Wildman–Crippen MR) is 62.2 cm³/mol. The lowest BCUT2D eigenvalue weighted by molar-refractivity contribution is -0.138. The van der Waals surface area contributed by atoms with E-state index in [1.807, 2.05) is 4.90 Å². The Bertz CT molecular complexity index is 264. The number of hydrogen-bond donors (Lipinski definition) is 1. The van der Waals surface area contributed by atoms with Gasteiger partial charge in [0.25, 0.3) is 0 Å². The molecule has 1 aliphatic heterocycles. The summed E-state index contributed by atoms with van der Waals surface area (Å²) in [6.07, 6.45) is 2.99. The van der Waals surface area contributed by atoms with Crippen LogP contribution >= 0.6 is 0 Å².